The molecule has 1 fully saturated rings. The first-order valence-corrected chi connectivity index (χ1v) is 8.82. The lowest BCUT2D eigenvalue weighted by Gasteiger charge is -2.20. The van der Waals surface area contributed by atoms with Crippen LogP contribution in [0.15, 0.2) is 6.20 Å². The van der Waals surface area contributed by atoms with Gasteiger partial charge in [0.25, 0.3) is 0 Å². The predicted molar refractivity (Wildman–Crippen MR) is 80.4 cm³/mol. The number of hydrogen-bond acceptors (Lipinski definition) is 4. The van der Waals surface area contributed by atoms with E-state index >= 15 is 0 Å². The first kappa shape index (κ1) is 15.5. The van der Waals surface area contributed by atoms with Gasteiger partial charge in [-0.1, -0.05) is 0 Å². The van der Waals surface area contributed by atoms with Crippen molar-refractivity contribution in [1.29, 1.82) is 0 Å². The molecular formula is C14H25N3O2S. The van der Waals surface area contributed by atoms with E-state index in [9.17, 15) is 8.42 Å². The molecule has 0 unspecified atom stereocenters. The van der Waals surface area contributed by atoms with Crippen molar-refractivity contribution in [2.75, 3.05) is 5.75 Å². The molecule has 0 saturated heterocycles. The second kappa shape index (κ2) is 5.48. The lowest BCUT2D eigenvalue weighted by Crippen LogP contribution is -2.32. The Kier molecular flexibility index (Phi) is 4.25. The summed E-state index contributed by atoms with van der Waals surface area (Å²) in [6, 6.07) is 0.636. The number of aromatic nitrogens is 2. The molecule has 1 aromatic heterocycles. The minimum absolute atomic E-state index is 0.157. The van der Waals surface area contributed by atoms with E-state index in [1.54, 1.807) is 20.8 Å². The fourth-order valence-corrected chi connectivity index (χ4v) is 3.05. The van der Waals surface area contributed by atoms with Crippen LogP contribution in [0, 0.1) is 6.92 Å². The second-order valence-corrected chi connectivity index (χ2v) is 9.40. The van der Waals surface area contributed by atoms with Crippen molar-refractivity contribution in [1.82, 2.24) is 14.9 Å². The number of aryl methyl sites for hydroxylation is 1. The zero-order chi connectivity index (χ0) is 15.0. The minimum atomic E-state index is -3.10. The van der Waals surface area contributed by atoms with Crippen LogP contribution in [-0.2, 0) is 22.9 Å². The molecule has 6 heteroatoms. The van der Waals surface area contributed by atoms with Crippen LogP contribution in [0.3, 0.4) is 0 Å². The molecule has 1 saturated carbocycles. The van der Waals surface area contributed by atoms with Crippen LogP contribution in [0.25, 0.3) is 0 Å². The van der Waals surface area contributed by atoms with Crippen LogP contribution in [0.5, 0.6) is 0 Å². The number of sulfone groups is 1. The van der Waals surface area contributed by atoms with Gasteiger partial charge >= 0.3 is 0 Å². The van der Waals surface area contributed by atoms with Crippen molar-refractivity contribution in [3.8, 4) is 0 Å². The summed E-state index contributed by atoms with van der Waals surface area (Å²) < 4.78 is 25.7. The molecule has 0 aromatic carbocycles. The fraction of sp³-hybridized carbons (Fsp3) is 0.786. The van der Waals surface area contributed by atoms with E-state index in [4.69, 9.17) is 0 Å². The number of rotatable bonds is 6. The molecule has 1 aliphatic rings. The molecule has 20 heavy (non-hydrogen) atoms. The van der Waals surface area contributed by atoms with Crippen molar-refractivity contribution >= 4 is 9.84 Å². The lowest BCUT2D eigenvalue weighted by molar-refractivity contribution is 0.548. The molecular weight excluding hydrogens is 274 g/mol. The molecule has 0 atom stereocenters. The quantitative estimate of drug-likeness (QED) is 0.867. The summed E-state index contributed by atoms with van der Waals surface area (Å²) in [4.78, 5) is 4.31. The predicted octanol–water partition coefficient (Wildman–Crippen LogP) is 1.66. The summed E-state index contributed by atoms with van der Waals surface area (Å²) in [5.74, 6) is 1.03. The summed E-state index contributed by atoms with van der Waals surface area (Å²) in [5, 5.41) is 3.44. The molecule has 2 rings (SSSR count). The van der Waals surface area contributed by atoms with Gasteiger partial charge in [-0.15, -0.1) is 0 Å². The van der Waals surface area contributed by atoms with Gasteiger partial charge in [0.2, 0.25) is 0 Å². The Balaban J connectivity index is 2.03. The number of imidazole rings is 1. The summed E-state index contributed by atoms with van der Waals surface area (Å²) in [7, 11) is -3.10. The van der Waals surface area contributed by atoms with Gasteiger partial charge in [0.05, 0.1) is 16.2 Å². The van der Waals surface area contributed by atoms with Crippen LogP contribution >= 0.6 is 0 Å². The molecule has 1 N–H and O–H groups in total. The van der Waals surface area contributed by atoms with Crippen LogP contribution in [0.2, 0.25) is 0 Å². The van der Waals surface area contributed by atoms with Crippen LogP contribution in [0.4, 0.5) is 0 Å². The molecule has 5 nitrogen and oxygen atoms in total. The Morgan fingerprint density at radius 3 is 2.60 bits per heavy atom. The molecule has 0 bridgehead atoms. The standard InChI is InChI=1S/C14H25N3O2S/c1-11-15-9-13(10-16-12-5-6-12)17(11)7-8-20(18,19)14(2,3)4/h9,12,16H,5-8,10H2,1-4H3. The molecule has 1 heterocycles. The van der Waals surface area contributed by atoms with Crippen molar-refractivity contribution < 1.29 is 8.42 Å². The topological polar surface area (TPSA) is 64.0 Å². The molecule has 0 aliphatic heterocycles. The Morgan fingerprint density at radius 1 is 1.40 bits per heavy atom. The van der Waals surface area contributed by atoms with Gasteiger partial charge in [-0.2, -0.15) is 0 Å². The monoisotopic (exact) mass is 299 g/mol. The third-order valence-corrected chi connectivity index (χ3v) is 6.39. The van der Waals surface area contributed by atoms with E-state index in [0.717, 1.165) is 18.1 Å². The molecule has 1 aromatic rings. The largest absolute Gasteiger partial charge is 0.330 e. The fourth-order valence-electron chi connectivity index (χ4n) is 2.02. The van der Waals surface area contributed by atoms with Gasteiger partial charge in [-0.25, -0.2) is 13.4 Å². The molecule has 0 spiro atoms. The van der Waals surface area contributed by atoms with E-state index in [-0.39, 0.29) is 5.75 Å². The van der Waals surface area contributed by atoms with E-state index < -0.39 is 14.6 Å². The maximum absolute atomic E-state index is 12.2. The summed E-state index contributed by atoms with van der Waals surface area (Å²) >= 11 is 0. The maximum atomic E-state index is 12.2. The van der Waals surface area contributed by atoms with Crippen LogP contribution in [-0.4, -0.2) is 34.5 Å². The second-order valence-electron chi connectivity index (χ2n) is 6.53. The third-order valence-electron chi connectivity index (χ3n) is 3.80. The Labute approximate surface area is 121 Å². The van der Waals surface area contributed by atoms with Gasteiger partial charge in [0, 0.05) is 25.3 Å². The molecule has 1 aliphatic carbocycles. The minimum Gasteiger partial charge on any atom is -0.330 e. The maximum Gasteiger partial charge on any atom is 0.156 e. The third kappa shape index (κ3) is 3.61. The van der Waals surface area contributed by atoms with Crippen molar-refractivity contribution in [2.24, 2.45) is 0 Å². The molecule has 114 valence electrons. The zero-order valence-electron chi connectivity index (χ0n) is 12.8. The lowest BCUT2D eigenvalue weighted by atomic mass is 10.3. The summed E-state index contributed by atoms with van der Waals surface area (Å²) in [6.45, 7) is 8.41. The van der Waals surface area contributed by atoms with E-state index in [1.165, 1.54) is 12.8 Å². The Hall–Kier alpha value is -0.880. The van der Waals surface area contributed by atoms with Crippen LogP contribution in [0.1, 0.15) is 45.1 Å². The summed E-state index contributed by atoms with van der Waals surface area (Å²) in [6.07, 6.45) is 4.32. The normalized spacial score (nSPS) is 16.6. The first-order chi connectivity index (χ1) is 9.21. The SMILES string of the molecule is Cc1ncc(CNC2CC2)n1CCS(=O)(=O)C(C)(C)C. The van der Waals surface area contributed by atoms with Gasteiger partial charge in [0.15, 0.2) is 9.84 Å². The highest BCUT2D eigenvalue weighted by molar-refractivity contribution is 7.92. The summed E-state index contributed by atoms with van der Waals surface area (Å²) in [5.41, 5.74) is 1.07. The van der Waals surface area contributed by atoms with Gasteiger partial charge in [-0.3, -0.25) is 0 Å². The zero-order valence-corrected chi connectivity index (χ0v) is 13.6. The van der Waals surface area contributed by atoms with E-state index in [1.807, 2.05) is 17.7 Å². The number of hydrogen-bond donors (Lipinski definition) is 1. The van der Waals surface area contributed by atoms with Gasteiger partial charge in [-0.05, 0) is 40.5 Å². The van der Waals surface area contributed by atoms with E-state index in [2.05, 4.69) is 10.3 Å². The Bertz CT molecular complexity index is 566. The van der Waals surface area contributed by atoms with E-state index in [0.29, 0.717) is 12.6 Å². The highest BCUT2D eigenvalue weighted by atomic mass is 32.2. The Morgan fingerprint density at radius 2 is 2.05 bits per heavy atom. The van der Waals surface area contributed by atoms with Crippen LogP contribution < -0.4 is 5.32 Å². The highest BCUT2D eigenvalue weighted by Gasteiger charge is 2.29. The molecule has 0 radical (unpaired) electrons. The van der Waals surface area contributed by atoms with Crippen molar-refractivity contribution in [3.05, 3.63) is 17.7 Å². The average Bonchev–Trinajstić information content (AvgIpc) is 3.08. The van der Waals surface area contributed by atoms with Crippen molar-refractivity contribution in [3.63, 3.8) is 0 Å². The molecule has 0 amide bonds. The van der Waals surface area contributed by atoms with Gasteiger partial charge < -0.3 is 9.88 Å². The highest BCUT2D eigenvalue weighted by Crippen LogP contribution is 2.20. The smallest absolute Gasteiger partial charge is 0.156 e. The number of nitrogens with one attached hydrogen (secondary N) is 1. The number of nitrogens with zero attached hydrogens (tertiary/aromatic N) is 2. The van der Waals surface area contributed by atoms with Gasteiger partial charge in [0.1, 0.15) is 5.82 Å². The average molecular weight is 299 g/mol. The van der Waals surface area contributed by atoms with Crippen molar-refractivity contribution in [2.45, 2.75) is 64.4 Å². The first-order valence-electron chi connectivity index (χ1n) is 7.17.